The molecule has 2 aromatic heterocycles. The maximum Gasteiger partial charge on any atom is 0.163 e. The van der Waals surface area contributed by atoms with Crippen LogP contribution in [0.25, 0.3) is 21.7 Å². The first-order valence-corrected chi connectivity index (χ1v) is 13.2. The minimum Gasteiger partial charge on any atom is -0.300 e. The van der Waals surface area contributed by atoms with Gasteiger partial charge in [-0.3, -0.25) is 14.4 Å². The largest absolute Gasteiger partial charge is 0.300 e. The van der Waals surface area contributed by atoms with Gasteiger partial charge in [-0.25, -0.2) is 4.39 Å². The highest BCUT2D eigenvalue weighted by Gasteiger charge is 2.32. The van der Waals surface area contributed by atoms with E-state index >= 15 is 0 Å². The van der Waals surface area contributed by atoms with E-state index in [2.05, 4.69) is 35.2 Å². The molecule has 0 N–H and O–H groups in total. The summed E-state index contributed by atoms with van der Waals surface area (Å²) in [7, 11) is 0. The quantitative estimate of drug-likeness (QED) is 0.271. The van der Waals surface area contributed by atoms with Crippen molar-refractivity contribution in [2.24, 2.45) is 4.99 Å². The number of carbonyl (C=O) groups excluding carboxylic acids is 1. The number of rotatable bonds is 6. The molecule has 1 atom stereocenters. The van der Waals surface area contributed by atoms with Crippen LogP contribution in [0.4, 0.5) is 4.39 Å². The predicted octanol–water partition coefficient (Wildman–Crippen LogP) is 7.35. The average molecular weight is 513 g/mol. The fourth-order valence-corrected chi connectivity index (χ4v) is 5.92. The smallest absolute Gasteiger partial charge is 0.163 e. The van der Waals surface area contributed by atoms with Crippen LogP contribution in [0, 0.1) is 26.6 Å². The fraction of sp³-hybridized carbons (Fsp3) is 0.267. The first-order chi connectivity index (χ1) is 17.7. The number of thiophene rings is 1. The van der Waals surface area contributed by atoms with Crippen molar-refractivity contribution >= 4 is 28.4 Å². The van der Waals surface area contributed by atoms with Crippen LogP contribution in [-0.4, -0.2) is 26.3 Å². The molecule has 5 nitrogen and oxygen atoms in total. The second kappa shape index (κ2) is 9.63. The van der Waals surface area contributed by atoms with Crippen molar-refractivity contribution < 1.29 is 9.18 Å². The van der Waals surface area contributed by atoms with Gasteiger partial charge in [-0.2, -0.15) is 0 Å². The SMILES string of the molecule is C=C(C)c1ccc(-c2ccc(C3=NC(CC(=O)CC)c4nnc(C)n4-c4sc(C)c(C)c43)cc2)c(F)c1. The lowest BCUT2D eigenvalue weighted by molar-refractivity contribution is -0.119. The normalized spacial score (nSPS) is 14.5. The average Bonchev–Trinajstić information content (AvgIpc) is 3.36. The highest BCUT2D eigenvalue weighted by Crippen LogP contribution is 2.40. The summed E-state index contributed by atoms with van der Waals surface area (Å²) >= 11 is 1.68. The third-order valence-electron chi connectivity index (χ3n) is 6.99. The van der Waals surface area contributed by atoms with E-state index in [4.69, 9.17) is 4.99 Å². The Labute approximate surface area is 220 Å². The molecular weight excluding hydrogens is 483 g/mol. The van der Waals surface area contributed by atoms with Gasteiger partial charge in [-0.15, -0.1) is 21.5 Å². The molecule has 0 bridgehead atoms. The van der Waals surface area contributed by atoms with Gasteiger partial charge in [0.1, 0.15) is 28.5 Å². The van der Waals surface area contributed by atoms with E-state index in [-0.39, 0.29) is 18.0 Å². The molecule has 2 aromatic carbocycles. The number of hydrogen-bond donors (Lipinski definition) is 0. The summed E-state index contributed by atoms with van der Waals surface area (Å²) in [6, 6.07) is 12.6. The lowest BCUT2D eigenvalue weighted by Crippen LogP contribution is -2.10. The minimum absolute atomic E-state index is 0.127. The lowest BCUT2D eigenvalue weighted by atomic mass is 9.96. The number of hydrogen-bond acceptors (Lipinski definition) is 5. The number of aryl methyl sites for hydroxylation is 2. The molecule has 188 valence electrons. The summed E-state index contributed by atoms with van der Waals surface area (Å²) in [5.74, 6) is 1.31. The molecule has 0 saturated carbocycles. The highest BCUT2D eigenvalue weighted by atomic mass is 32.1. The van der Waals surface area contributed by atoms with Gasteiger partial charge in [0.2, 0.25) is 0 Å². The fourth-order valence-electron chi connectivity index (χ4n) is 4.71. The molecule has 4 aromatic rings. The molecule has 5 rings (SSSR count). The molecular formula is C30H29FN4OS. The van der Waals surface area contributed by atoms with Gasteiger partial charge in [0.25, 0.3) is 0 Å². The number of Topliss-reactive ketones (excluding diaryl/α,β-unsaturated/α-hetero) is 1. The second-order valence-corrected chi connectivity index (χ2v) is 10.7. The van der Waals surface area contributed by atoms with Gasteiger partial charge in [-0.1, -0.05) is 55.5 Å². The summed E-state index contributed by atoms with van der Waals surface area (Å²) in [5, 5.41) is 9.79. The Morgan fingerprint density at radius 3 is 2.43 bits per heavy atom. The molecule has 0 fully saturated rings. The van der Waals surface area contributed by atoms with Crippen LogP contribution >= 0.6 is 11.3 Å². The molecule has 1 unspecified atom stereocenters. The molecule has 0 radical (unpaired) electrons. The number of fused-ring (bicyclic) bond motifs is 3. The van der Waals surface area contributed by atoms with Gasteiger partial charge >= 0.3 is 0 Å². The van der Waals surface area contributed by atoms with Crippen LogP contribution in [0.15, 0.2) is 54.0 Å². The Balaban J connectivity index is 1.64. The molecule has 1 aliphatic rings. The Morgan fingerprint density at radius 2 is 1.78 bits per heavy atom. The monoisotopic (exact) mass is 512 g/mol. The van der Waals surface area contributed by atoms with Crippen molar-refractivity contribution in [2.45, 2.75) is 53.5 Å². The van der Waals surface area contributed by atoms with Crippen LogP contribution in [-0.2, 0) is 4.79 Å². The molecule has 3 heterocycles. The Morgan fingerprint density at radius 1 is 1.08 bits per heavy atom. The van der Waals surface area contributed by atoms with E-state index < -0.39 is 6.04 Å². The van der Waals surface area contributed by atoms with E-state index in [1.807, 2.05) is 51.1 Å². The number of aromatic nitrogens is 3. The van der Waals surface area contributed by atoms with Gasteiger partial charge in [-0.05, 0) is 50.5 Å². The van der Waals surface area contributed by atoms with E-state index in [1.165, 1.54) is 10.9 Å². The zero-order valence-corrected chi connectivity index (χ0v) is 22.5. The van der Waals surface area contributed by atoms with Gasteiger partial charge in [0, 0.05) is 34.4 Å². The van der Waals surface area contributed by atoms with Crippen molar-refractivity contribution in [3.63, 3.8) is 0 Å². The third-order valence-corrected chi connectivity index (χ3v) is 8.18. The molecule has 7 heteroatoms. The van der Waals surface area contributed by atoms with Crippen LogP contribution in [0.5, 0.6) is 0 Å². The maximum absolute atomic E-state index is 14.9. The van der Waals surface area contributed by atoms with E-state index in [1.54, 1.807) is 17.4 Å². The van der Waals surface area contributed by atoms with Crippen molar-refractivity contribution in [3.05, 3.63) is 93.6 Å². The summed E-state index contributed by atoms with van der Waals surface area (Å²) in [6.07, 6.45) is 0.711. The highest BCUT2D eigenvalue weighted by molar-refractivity contribution is 7.15. The molecule has 1 aliphatic heterocycles. The number of nitrogens with zero attached hydrogens (tertiary/aromatic N) is 4. The van der Waals surface area contributed by atoms with Gasteiger partial charge in [0.15, 0.2) is 5.82 Å². The van der Waals surface area contributed by atoms with Crippen LogP contribution in [0.1, 0.15) is 71.5 Å². The Bertz CT molecular complexity index is 1580. The molecule has 0 spiro atoms. The van der Waals surface area contributed by atoms with Gasteiger partial charge < -0.3 is 0 Å². The number of aliphatic imine (C=N–C) groups is 1. The zero-order chi connectivity index (χ0) is 26.4. The topological polar surface area (TPSA) is 60.1 Å². The number of benzene rings is 2. The summed E-state index contributed by atoms with van der Waals surface area (Å²) in [5.41, 5.74) is 6.84. The van der Waals surface area contributed by atoms with Crippen molar-refractivity contribution in [3.8, 4) is 16.1 Å². The van der Waals surface area contributed by atoms with E-state index in [0.717, 1.165) is 49.9 Å². The Kier molecular flexibility index (Phi) is 6.50. The third kappa shape index (κ3) is 4.37. The van der Waals surface area contributed by atoms with Crippen molar-refractivity contribution in [1.82, 2.24) is 14.8 Å². The number of ketones is 1. The lowest BCUT2D eigenvalue weighted by Gasteiger charge is -2.12. The van der Waals surface area contributed by atoms with Crippen LogP contribution in [0.2, 0.25) is 0 Å². The first kappa shape index (κ1) is 25.0. The Hall–Kier alpha value is -3.71. The minimum atomic E-state index is -0.435. The first-order valence-electron chi connectivity index (χ1n) is 12.4. The molecule has 0 amide bonds. The van der Waals surface area contributed by atoms with Crippen molar-refractivity contribution in [2.75, 3.05) is 0 Å². The summed E-state index contributed by atoms with van der Waals surface area (Å²) in [6.45, 7) is 13.8. The maximum atomic E-state index is 14.9. The summed E-state index contributed by atoms with van der Waals surface area (Å²) in [4.78, 5) is 18.9. The number of carbonyl (C=O) groups is 1. The summed E-state index contributed by atoms with van der Waals surface area (Å²) < 4.78 is 17.0. The molecule has 0 saturated heterocycles. The van der Waals surface area contributed by atoms with E-state index in [0.29, 0.717) is 17.8 Å². The van der Waals surface area contributed by atoms with Crippen molar-refractivity contribution in [1.29, 1.82) is 0 Å². The predicted molar refractivity (Wildman–Crippen MR) is 148 cm³/mol. The van der Waals surface area contributed by atoms with E-state index in [9.17, 15) is 9.18 Å². The number of allylic oxidation sites excluding steroid dienone is 1. The molecule has 37 heavy (non-hydrogen) atoms. The van der Waals surface area contributed by atoms with Gasteiger partial charge in [0.05, 0.1) is 5.71 Å². The number of halogens is 1. The standard InChI is InChI=1S/C30H29FN4OS/c1-7-23(36)15-26-29-34-33-19(6)35(29)30-27(17(4)18(5)37-30)28(32-26)21-10-8-20(9-11-21)24-13-12-22(16(2)3)14-25(24)31/h8-14,26H,2,7,15H2,1,3-6H3. The molecule has 0 aliphatic carbocycles. The van der Waals surface area contributed by atoms with Crippen LogP contribution < -0.4 is 0 Å². The van der Waals surface area contributed by atoms with Crippen LogP contribution in [0.3, 0.4) is 0 Å². The zero-order valence-electron chi connectivity index (χ0n) is 21.7. The second-order valence-electron chi connectivity index (χ2n) is 9.55.